The van der Waals surface area contributed by atoms with Crippen molar-refractivity contribution in [2.45, 2.75) is 37.5 Å². The first-order valence-corrected chi connectivity index (χ1v) is 9.20. The van der Waals surface area contributed by atoms with E-state index >= 15 is 0 Å². The van der Waals surface area contributed by atoms with Gasteiger partial charge in [0.15, 0.2) is 9.84 Å². The van der Waals surface area contributed by atoms with Crippen LogP contribution in [0, 0.1) is 5.41 Å². The molecule has 1 aliphatic carbocycles. The maximum absolute atomic E-state index is 11.7. The van der Waals surface area contributed by atoms with Crippen molar-refractivity contribution in [1.29, 1.82) is 0 Å². The van der Waals surface area contributed by atoms with E-state index in [2.05, 4.69) is 5.32 Å². The zero-order valence-electron chi connectivity index (χ0n) is 13.0. The molecule has 5 heteroatoms. The monoisotopic (exact) mass is 311 g/mol. The molecular weight excluding hydrogens is 286 g/mol. The Balaban J connectivity index is 1.95. The van der Waals surface area contributed by atoms with Crippen LogP contribution in [-0.4, -0.2) is 37.6 Å². The molecule has 1 aliphatic rings. The standard InChI is InChI=1S/C16H25NO3S/c1-15(2,21(3,19)20)11-17-12-16(9-10-16)14(18)13-7-5-4-6-8-13/h4-8,14,17-18H,9-12H2,1-3H3. The summed E-state index contributed by atoms with van der Waals surface area (Å²) in [6, 6.07) is 9.66. The molecule has 21 heavy (non-hydrogen) atoms. The largest absolute Gasteiger partial charge is 0.388 e. The molecule has 0 radical (unpaired) electrons. The van der Waals surface area contributed by atoms with Crippen LogP contribution in [0.3, 0.4) is 0 Å². The first-order chi connectivity index (χ1) is 9.68. The van der Waals surface area contributed by atoms with Gasteiger partial charge in [-0.3, -0.25) is 0 Å². The molecule has 118 valence electrons. The first kappa shape index (κ1) is 16.5. The topological polar surface area (TPSA) is 66.4 Å². The number of rotatable bonds is 7. The summed E-state index contributed by atoms with van der Waals surface area (Å²) in [7, 11) is -3.10. The number of hydrogen-bond acceptors (Lipinski definition) is 4. The second-order valence-corrected chi connectivity index (χ2v) is 9.46. The Morgan fingerprint density at radius 3 is 2.33 bits per heavy atom. The van der Waals surface area contributed by atoms with Gasteiger partial charge >= 0.3 is 0 Å². The lowest BCUT2D eigenvalue weighted by Gasteiger charge is -2.27. The van der Waals surface area contributed by atoms with Crippen molar-refractivity contribution in [3.8, 4) is 0 Å². The molecule has 1 aromatic carbocycles. The van der Waals surface area contributed by atoms with E-state index in [0.717, 1.165) is 18.4 Å². The van der Waals surface area contributed by atoms with Crippen molar-refractivity contribution in [3.63, 3.8) is 0 Å². The normalized spacial score (nSPS) is 19.2. The van der Waals surface area contributed by atoms with Crippen LogP contribution in [0.25, 0.3) is 0 Å². The van der Waals surface area contributed by atoms with E-state index in [4.69, 9.17) is 0 Å². The SMILES string of the molecule is CC(C)(CNCC1(C(O)c2ccccc2)CC1)S(C)(=O)=O. The van der Waals surface area contributed by atoms with Gasteiger partial charge in [-0.15, -0.1) is 0 Å². The molecule has 4 nitrogen and oxygen atoms in total. The second-order valence-electron chi connectivity index (χ2n) is 6.81. The minimum absolute atomic E-state index is 0.144. The zero-order chi connectivity index (χ0) is 15.7. The fourth-order valence-corrected chi connectivity index (χ4v) is 2.80. The maximum atomic E-state index is 11.7. The van der Waals surface area contributed by atoms with Gasteiger partial charge in [0.2, 0.25) is 0 Å². The quantitative estimate of drug-likeness (QED) is 0.807. The van der Waals surface area contributed by atoms with Crippen LogP contribution >= 0.6 is 0 Å². The Morgan fingerprint density at radius 2 is 1.86 bits per heavy atom. The molecule has 2 rings (SSSR count). The van der Waals surface area contributed by atoms with Gasteiger partial charge in [0.05, 0.1) is 10.9 Å². The van der Waals surface area contributed by atoms with E-state index in [-0.39, 0.29) is 5.41 Å². The van der Waals surface area contributed by atoms with Crippen LogP contribution in [-0.2, 0) is 9.84 Å². The van der Waals surface area contributed by atoms with Gasteiger partial charge < -0.3 is 10.4 Å². The lowest BCUT2D eigenvalue weighted by molar-refractivity contribution is 0.0917. The molecular formula is C16H25NO3S. The number of benzene rings is 1. The fourth-order valence-electron chi connectivity index (χ4n) is 2.44. The van der Waals surface area contributed by atoms with Crippen LogP contribution in [0.2, 0.25) is 0 Å². The van der Waals surface area contributed by atoms with Crippen LogP contribution < -0.4 is 5.32 Å². The van der Waals surface area contributed by atoms with Crippen molar-refractivity contribution in [3.05, 3.63) is 35.9 Å². The second kappa shape index (κ2) is 5.71. The molecule has 1 saturated carbocycles. The van der Waals surface area contributed by atoms with Gasteiger partial charge in [0.25, 0.3) is 0 Å². The van der Waals surface area contributed by atoms with Gasteiger partial charge in [0.1, 0.15) is 0 Å². The summed E-state index contributed by atoms with van der Waals surface area (Å²) in [5.74, 6) is 0. The summed E-state index contributed by atoms with van der Waals surface area (Å²) >= 11 is 0. The molecule has 0 saturated heterocycles. The maximum Gasteiger partial charge on any atom is 0.153 e. The summed E-state index contributed by atoms with van der Waals surface area (Å²) in [5.41, 5.74) is 0.786. The summed E-state index contributed by atoms with van der Waals surface area (Å²) in [6.07, 6.45) is 2.71. The minimum Gasteiger partial charge on any atom is -0.388 e. The molecule has 0 spiro atoms. The molecule has 0 bridgehead atoms. The molecule has 1 fully saturated rings. The van der Waals surface area contributed by atoms with Crippen molar-refractivity contribution in [2.24, 2.45) is 5.41 Å². The number of aliphatic hydroxyl groups is 1. The lowest BCUT2D eigenvalue weighted by atomic mass is 9.92. The lowest BCUT2D eigenvalue weighted by Crippen LogP contribution is -2.43. The van der Waals surface area contributed by atoms with E-state index in [1.165, 1.54) is 6.26 Å². The van der Waals surface area contributed by atoms with Crippen molar-refractivity contribution < 1.29 is 13.5 Å². The molecule has 1 unspecified atom stereocenters. The number of hydrogen-bond donors (Lipinski definition) is 2. The Morgan fingerprint density at radius 1 is 1.29 bits per heavy atom. The first-order valence-electron chi connectivity index (χ1n) is 7.31. The van der Waals surface area contributed by atoms with E-state index < -0.39 is 20.7 Å². The third kappa shape index (κ3) is 3.65. The Hall–Kier alpha value is -0.910. The third-order valence-electron chi connectivity index (χ3n) is 4.62. The molecule has 1 aromatic rings. The average Bonchev–Trinajstić information content (AvgIpc) is 3.18. The number of sulfone groups is 1. The highest BCUT2D eigenvalue weighted by molar-refractivity contribution is 7.92. The predicted octanol–water partition coefficient (Wildman–Crippen LogP) is 1.91. The third-order valence-corrected chi connectivity index (χ3v) is 6.77. The van der Waals surface area contributed by atoms with E-state index in [1.807, 2.05) is 30.3 Å². The predicted molar refractivity (Wildman–Crippen MR) is 84.9 cm³/mol. The van der Waals surface area contributed by atoms with Gasteiger partial charge in [-0.1, -0.05) is 30.3 Å². The van der Waals surface area contributed by atoms with Crippen LogP contribution in [0.4, 0.5) is 0 Å². The van der Waals surface area contributed by atoms with Crippen LogP contribution in [0.1, 0.15) is 38.4 Å². The van der Waals surface area contributed by atoms with E-state index in [0.29, 0.717) is 13.1 Å². The van der Waals surface area contributed by atoms with Gasteiger partial charge in [-0.25, -0.2) is 8.42 Å². The number of aliphatic hydroxyl groups excluding tert-OH is 1. The molecule has 1 atom stereocenters. The summed E-state index contributed by atoms with van der Waals surface area (Å²) in [5, 5.41) is 13.8. The zero-order valence-corrected chi connectivity index (χ0v) is 13.8. The van der Waals surface area contributed by atoms with Gasteiger partial charge in [0, 0.05) is 24.8 Å². The Kier molecular flexibility index (Phi) is 4.47. The smallest absolute Gasteiger partial charge is 0.153 e. The van der Waals surface area contributed by atoms with Gasteiger partial charge in [-0.2, -0.15) is 0 Å². The van der Waals surface area contributed by atoms with Gasteiger partial charge in [-0.05, 0) is 32.3 Å². The molecule has 0 amide bonds. The Bertz CT molecular complexity index is 577. The fraction of sp³-hybridized carbons (Fsp3) is 0.625. The van der Waals surface area contributed by atoms with Crippen LogP contribution in [0.15, 0.2) is 30.3 Å². The van der Waals surface area contributed by atoms with Crippen molar-refractivity contribution in [2.75, 3.05) is 19.3 Å². The highest BCUT2D eigenvalue weighted by Crippen LogP contribution is 2.54. The Labute approximate surface area is 127 Å². The minimum atomic E-state index is -3.10. The molecule has 0 heterocycles. The highest BCUT2D eigenvalue weighted by Gasteiger charge is 2.49. The number of nitrogens with one attached hydrogen (secondary N) is 1. The van der Waals surface area contributed by atoms with Crippen LogP contribution in [0.5, 0.6) is 0 Å². The van der Waals surface area contributed by atoms with Crippen molar-refractivity contribution >= 4 is 9.84 Å². The summed E-state index contributed by atoms with van der Waals surface area (Å²) < 4.78 is 22.6. The van der Waals surface area contributed by atoms with E-state index in [9.17, 15) is 13.5 Å². The molecule has 0 aromatic heterocycles. The highest BCUT2D eigenvalue weighted by atomic mass is 32.2. The average molecular weight is 311 g/mol. The molecule has 0 aliphatic heterocycles. The summed E-state index contributed by atoms with van der Waals surface area (Å²) in [6.45, 7) is 4.49. The summed E-state index contributed by atoms with van der Waals surface area (Å²) in [4.78, 5) is 0. The molecule has 2 N–H and O–H groups in total. The van der Waals surface area contributed by atoms with Crippen molar-refractivity contribution in [1.82, 2.24) is 5.32 Å². The van der Waals surface area contributed by atoms with E-state index in [1.54, 1.807) is 13.8 Å².